The van der Waals surface area contributed by atoms with Gasteiger partial charge >= 0.3 is 0 Å². The molecule has 0 amide bonds. The minimum absolute atomic E-state index is 0.0422. The lowest BCUT2D eigenvalue weighted by Crippen LogP contribution is -2.23. The van der Waals surface area contributed by atoms with Crippen LogP contribution in [0, 0.1) is 0 Å². The molecule has 0 atom stereocenters. The molecule has 2 rings (SSSR count). The number of rotatable bonds is 6. The summed E-state index contributed by atoms with van der Waals surface area (Å²) in [6.07, 6.45) is 0. The van der Waals surface area contributed by atoms with E-state index in [1.54, 1.807) is 18.2 Å². The van der Waals surface area contributed by atoms with E-state index in [4.69, 9.17) is 32.7 Å². The van der Waals surface area contributed by atoms with E-state index >= 15 is 0 Å². The maximum Gasteiger partial charge on any atom is 0.244 e. The largest absolute Gasteiger partial charge is 0.505 e. The average Bonchev–Trinajstić information content (AvgIpc) is 2.55. The van der Waals surface area contributed by atoms with Crippen molar-refractivity contribution in [2.24, 2.45) is 0 Å². The van der Waals surface area contributed by atoms with Crippen molar-refractivity contribution in [1.29, 1.82) is 0 Å². The number of sulfonamides is 1. The first-order valence-corrected chi connectivity index (χ1v) is 8.90. The topological polar surface area (TPSA) is 84.9 Å². The minimum atomic E-state index is -4.02. The van der Waals surface area contributed by atoms with Crippen LogP contribution in [-0.2, 0) is 16.6 Å². The number of hydrogen-bond acceptors (Lipinski definition) is 5. The van der Waals surface area contributed by atoms with Gasteiger partial charge in [-0.2, -0.15) is 0 Å². The Morgan fingerprint density at radius 1 is 1.04 bits per heavy atom. The van der Waals surface area contributed by atoms with E-state index < -0.39 is 20.7 Å². The summed E-state index contributed by atoms with van der Waals surface area (Å²) in [7, 11) is -1.03. The highest BCUT2D eigenvalue weighted by atomic mass is 35.5. The minimum Gasteiger partial charge on any atom is -0.505 e. The van der Waals surface area contributed by atoms with Crippen LogP contribution < -0.4 is 14.2 Å². The molecule has 0 heterocycles. The van der Waals surface area contributed by atoms with Crippen molar-refractivity contribution in [2.75, 3.05) is 14.2 Å². The summed E-state index contributed by atoms with van der Waals surface area (Å²) in [5.74, 6) is 0.492. The Bertz CT molecular complexity index is 833. The molecule has 0 saturated heterocycles. The number of ether oxygens (including phenoxy) is 2. The molecule has 0 spiro atoms. The number of benzene rings is 2. The average molecular weight is 392 g/mol. The smallest absolute Gasteiger partial charge is 0.244 e. The summed E-state index contributed by atoms with van der Waals surface area (Å²) < 4.78 is 37.4. The van der Waals surface area contributed by atoms with Crippen molar-refractivity contribution in [2.45, 2.75) is 11.4 Å². The second kappa shape index (κ2) is 7.48. The zero-order valence-electron chi connectivity index (χ0n) is 12.8. The first-order chi connectivity index (χ1) is 11.3. The number of aromatic hydroxyl groups is 1. The molecule has 0 aliphatic carbocycles. The number of methoxy groups -OCH3 is 2. The molecule has 2 aromatic rings. The van der Waals surface area contributed by atoms with Gasteiger partial charge in [0.15, 0.2) is 5.75 Å². The number of hydrogen-bond donors (Lipinski definition) is 2. The summed E-state index contributed by atoms with van der Waals surface area (Å²) in [5, 5.41) is 9.82. The van der Waals surface area contributed by atoms with E-state index in [-0.39, 0.29) is 16.6 Å². The van der Waals surface area contributed by atoms with Crippen LogP contribution in [-0.4, -0.2) is 27.7 Å². The molecule has 2 aromatic carbocycles. The van der Waals surface area contributed by atoms with Crippen LogP contribution in [0.4, 0.5) is 0 Å². The van der Waals surface area contributed by atoms with Gasteiger partial charge in [0.05, 0.1) is 19.2 Å². The monoisotopic (exact) mass is 391 g/mol. The Morgan fingerprint density at radius 3 is 2.17 bits per heavy atom. The van der Waals surface area contributed by atoms with Crippen LogP contribution in [0.15, 0.2) is 35.2 Å². The van der Waals surface area contributed by atoms with E-state index in [0.29, 0.717) is 17.1 Å². The first-order valence-electron chi connectivity index (χ1n) is 6.66. The molecule has 2 N–H and O–H groups in total. The summed E-state index contributed by atoms with van der Waals surface area (Å²) in [5.41, 5.74) is 0.613. The molecule has 0 radical (unpaired) electrons. The fourth-order valence-corrected chi connectivity index (χ4v) is 3.74. The number of halogens is 2. The fourth-order valence-electron chi connectivity index (χ4n) is 1.97. The van der Waals surface area contributed by atoms with Crippen LogP contribution in [0.5, 0.6) is 17.2 Å². The number of nitrogens with one attached hydrogen (secondary N) is 1. The van der Waals surface area contributed by atoms with Crippen molar-refractivity contribution in [3.63, 3.8) is 0 Å². The van der Waals surface area contributed by atoms with Gasteiger partial charge in [-0.3, -0.25) is 0 Å². The first kappa shape index (κ1) is 18.7. The van der Waals surface area contributed by atoms with Gasteiger partial charge in [-0.15, -0.1) is 0 Å². The van der Waals surface area contributed by atoms with E-state index in [1.165, 1.54) is 20.3 Å². The van der Waals surface area contributed by atoms with Gasteiger partial charge in [0.25, 0.3) is 0 Å². The quantitative estimate of drug-likeness (QED) is 0.789. The highest BCUT2D eigenvalue weighted by Gasteiger charge is 2.21. The van der Waals surface area contributed by atoms with Crippen LogP contribution in [0.25, 0.3) is 0 Å². The Labute approximate surface area is 150 Å². The zero-order chi connectivity index (χ0) is 17.9. The third-order valence-electron chi connectivity index (χ3n) is 3.16. The van der Waals surface area contributed by atoms with Gasteiger partial charge in [-0.1, -0.05) is 23.2 Å². The lowest BCUT2D eigenvalue weighted by Gasteiger charge is -2.12. The molecule has 0 saturated carbocycles. The Hall–Kier alpha value is -1.67. The Kier molecular flexibility index (Phi) is 5.82. The van der Waals surface area contributed by atoms with E-state index in [0.717, 1.165) is 6.07 Å². The summed E-state index contributed by atoms with van der Waals surface area (Å²) in [6.45, 7) is -0.0422. The highest BCUT2D eigenvalue weighted by Crippen LogP contribution is 2.34. The molecule has 0 aromatic heterocycles. The molecular formula is C15H15Cl2NO5S. The number of phenols is 1. The maximum absolute atomic E-state index is 12.4. The summed E-state index contributed by atoms with van der Waals surface area (Å²) >= 11 is 11.6. The molecule has 0 aliphatic heterocycles. The fraction of sp³-hybridized carbons (Fsp3) is 0.200. The lowest BCUT2D eigenvalue weighted by molar-refractivity contribution is 0.393. The highest BCUT2D eigenvalue weighted by molar-refractivity contribution is 7.89. The molecule has 6 nitrogen and oxygen atoms in total. The van der Waals surface area contributed by atoms with Crippen molar-refractivity contribution < 1.29 is 23.0 Å². The van der Waals surface area contributed by atoms with E-state index in [2.05, 4.69) is 4.72 Å². The SMILES string of the molecule is COc1cc(CNS(=O)(=O)c2cc(Cl)cc(Cl)c2O)cc(OC)c1. The molecule has 0 unspecified atom stereocenters. The molecule has 24 heavy (non-hydrogen) atoms. The van der Waals surface area contributed by atoms with Gasteiger partial charge in [-0.25, -0.2) is 13.1 Å². The lowest BCUT2D eigenvalue weighted by atomic mass is 10.2. The van der Waals surface area contributed by atoms with Crippen LogP contribution in [0.3, 0.4) is 0 Å². The van der Waals surface area contributed by atoms with Gasteiger partial charge < -0.3 is 14.6 Å². The predicted octanol–water partition coefficient (Wildman–Crippen LogP) is 3.19. The third kappa shape index (κ3) is 4.24. The van der Waals surface area contributed by atoms with Gasteiger partial charge in [0.1, 0.15) is 16.4 Å². The standard InChI is InChI=1S/C15H15Cl2NO5S/c1-22-11-3-9(4-12(7-11)23-2)8-18-24(20,21)14-6-10(16)5-13(17)15(14)19/h3-7,18-19H,8H2,1-2H3. The van der Waals surface area contributed by atoms with Gasteiger partial charge in [0, 0.05) is 17.6 Å². The Morgan fingerprint density at radius 2 is 1.62 bits per heavy atom. The van der Waals surface area contributed by atoms with E-state index in [1.807, 2.05) is 0 Å². The van der Waals surface area contributed by atoms with Crippen LogP contribution in [0.2, 0.25) is 10.0 Å². The second-order valence-corrected chi connectivity index (χ2v) is 7.36. The van der Waals surface area contributed by atoms with Crippen molar-refractivity contribution in [3.8, 4) is 17.2 Å². The number of phenolic OH excluding ortho intramolecular Hbond substituents is 1. The summed E-state index contributed by atoms with van der Waals surface area (Å²) in [6, 6.07) is 7.37. The van der Waals surface area contributed by atoms with Crippen molar-refractivity contribution in [3.05, 3.63) is 45.9 Å². The Balaban J connectivity index is 2.28. The molecule has 0 bridgehead atoms. The molecule has 0 fully saturated rings. The van der Waals surface area contributed by atoms with Crippen LogP contribution in [0.1, 0.15) is 5.56 Å². The van der Waals surface area contributed by atoms with Gasteiger partial charge in [-0.05, 0) is 29.8 Å². The molecule has 9 heteroatoms. The van der Waals surface area contributed by atoms with E-state index in [9.17, 15) is 13.5 Å². The normalized spacial score (nSPS) is 11.3. The molecule has 130 valence electrons. The van der Waals surface area contributed by atoms with Crippen LogP contribution >= 0.6 is 23.2 Å². The zero-order valence-corrected chi connectivity index (χ0v) is 15.2. The second-order valence-electron chi connectivity index (χ2n) is 4.78. The predicted molar refractivity (Wildman–Crippen MR) is 91.7 cm³/mol. The third-order valence-corrected chi connectivity index (χ3v) is 5.08. The molecular weight excluding hydrogens is 377 g/mol. The summed E-state index contributed by atoms with van der Waals surface area (Å²) in [4.78, 5) is -0.394. The van der Waals surface area contributed by atoms with Crippen molar-refractivity contribution >= 4 is 33.2 Å². The van der Waals surface area contributed by atoms with Gasteiger partial charge in [0.2, 0.25) is 10.0 Å². The maximum atomic E-state index is 12.4. The molecule has 0 aliphatic rings. The van der Waals surface area contributed by atoms with Crippen molar-refractivity contribution in [1.82, 2.24) is 4.72 Å².